The van der Waals surface area contributed by atoms with Crippen molar-refractivity contribution >= 4 is 23.4 Å². The molecular formula is C18H21N3OS. The van der Waals surface area contributed by atoms with Gasteiger partial charge in [-0.1, -0.05) is 24.3 Å². The summed E-state index contributed by atoms with van der Waals surface area (Å²) in [6.07, 6.45) is 6.84. The topological polar surface area (TPSA) is 56.1 Å². The van der Waals surface area contributed by atoms with E-state index in [9.17, 15) is 4.79 Å². The lowest BCUT2D eigenvalue weighted by molar-refractivity contribution is -0.117. The van der Waals surface area contributed by atoms with E-state index in [-0.39, 0.29) is 5.91 Å². The van der Waals surface area contributed by atoms with Crippen LogP contribution in [0.25, 0.3) is 0 Å². The standard InChI is InChI=1S/C18H21N3OS/c19-9-10-23-17-8-4-3-7-16(17)20-18(22)13-21-11-14-5-1-2-6-15(14)12-21/h1-4,7-8,14-15H,5-6,10-13H2,(H,20,22)/t14-,15-/m0/s1. The first-order chi connectivity index (χ1) is 11.3. The van der Waals surface area contributed by atoms with Gasteiger partial charge in [-0.2, -0.15) is 5.26 Å². The molecule has 1 aromatic carbocycles. The van der Waals surface area contributed by atoms with E-state index in [4.69, 9.17) is 5.26 Å². The Hall–Kier alpha value is -1.77. The van der Waals surface area contributed by atoms with E-state index in [1.807, 2.05) is 24.3 Å². The highest BCUT2D eigenvalue weighted by molar-refractivity contribution is 7.99. The van der Waals surface area contributed by atoms with Crippen LogP contribution in [0, 0.1) is 23.2 Å². The van der Waals surface area contributed by atoms with E-state index in [1.54, 1.807) is 0 Å². The summed E-state index contributed by atoms with van der Waals surface area (Å²) in [6.45, 7) is 2.49. The number of nitrogens with one attached hydrogen (secondary N) is 1. The first kappa shape index (κ1) is 16.1. The van der Waals surface area contributed by atoms with Crippen LogP contribution in [-0.4, -0.2) is 36.2 Å². The molecule has 1 heterocycles. The third-order valence-corrected chi connectivity index (χ3v) is 5.46. The average Bonchev–Trinajstić information content (AvgIpc) is 2.96. The second-order valence-electron chi connectivity index (χ2n) is 6.15. The van der Waals surface area contributed by atoms with Gasteiger partial charge in [0.15, 0.2) is 0 Å². The second kappa shape index (κ2) is 7.67. The molecule has 0 spiro atoms. The highest BCUT2D eigenvalue weighted by Crippen LogP contribution is 2.32. The number of carbonyl (C=O) groups excluding carboxylic acids is 1. The normalized spacial score (nSPS) is 23.3. The summed E-state index contributed by atoms with van der Waals surface area (Å²) in [4.78, 5) is 15.6. The maximum absolute atomic E-state index is 12.4. The van der Waals surface area contributed by atoms with E-state index in [2.05, 4.69) is 28.4 Å². The van der Waals surface area contributed by atoms with Crippen LogP contribution in [0.1, 0.15) is 12.8 Å². The number of rotatable bonds is 5. The van der Waals surface area contributed by atoms with Gasteiger partial charge in [0, 0.05) is 18.0 Å². The molecule has 2 atom stereocenters. The maximum Gasteiger partial charge on any atom is 0.238 e. The SMILES string of the molecule is N#CCSc1ccccc1NC(=O)CN1C[C@@H]2CC=CC[C@H]2C1. The molecule has 1 amide bonds. The van der Waals surface area contributed by atoms with Crippen LogP contribution in [-0.2, 0) is 4.79 Å². The maximum atomic E-state index is 12.4. The highest BCUT2D eigenvalue weighted by Gasteiger charge is 2.33. The fourth-order valence-corrected chi connectivity index (χ4v) is 4.11. The Morgan fingerprint density at radius 3 is 2.65 bits per heavy atom. The molecule has 0 aromatic heterocycles. The third kappa shape index (κ3) is 4.15. The molecule has 0 unspecified atom stereocenters. The van der Waals surface area contributed by atoms with Crippen molar-refractivity contribution in [1.29, 1.82) is 5.26 Å². The van der Waals surface area contributed by atoms with E-state index >= 15 is 0 Å². The van der Waals surface area contributed by atoms with Gasteiger partial charge in [-0.3, -0.25) is 9.69 Å². The molecule has 1 aliphatic carbocycles. The zero-order valence-electron chi connectivity index (χ0n) is 13.1. The summed E-state index contributed by atoms with van der Waals surface area (Å²) >= 11 is 1.45. The Kier molecular flexibility index (Phi) is 5.37. The number of likely N-dealkylation sites (tertiary alicyclic amines) is 1. The summed E-state index contributed by atoms with van der Waals surface area (Å²) in [6, 6.07) is 9.78. The van der Waals surface area contributed by atoms with Crippen LogP contribution in [0.4, 0.5) is 5.69 Å². The summed E-state index contributed by atoms with van der Waals surface area (Å²) in [5.41, 5.74) is 0.802. The van der Waals surface area contributed by atoms with Crippen LogP contribution in [0.2, 0.25) is 0 Å². The number of anilines is 1. The number of fused-ring (bicyclic) bond motifs is 1. The van der Waals surface area contributed by atoms with Crippen LogP contribution in [0.5, 0.6) is 0 Å². The minimum atomic E-state index is 0.0293. The Morgan fingerprint density at radius 2 is 1.96 bits per heavy atom. The van der Waals surface area contributed by atoms with Crippen molar-refractivity contribution in [3.8, 4) is 6.07 Å². The number of hydrogen-bond donors (Lipinski definition) is 1. The molecule has 1 N–H and O–H groups in total. The molecule has 2 aliphatic rings. The number of hydrogen-bond acceptors (Lipinski definition) is 4. The monoisotopic (exact) mass is 327 g/mol. The van der Waals surface area contributed by atoms with Crippen molar-refractivity contribution in [2.75, 3.05) is 30.7 Å². The predicted octanol–water partition coefficient (Wildman–Crippen LogP) is 3.14. The molecule has 1 saturated heterocycles. The summed E-state index contributed by atoms with van der Waals surface area (Å²) in [5, 5.41) is 11.7. The molecule has 1 fully saturated rings. The van der Waals surface area contributed by atoms with Gasteiger partial charge in [-0.25, -0.2) is 0 Å². The van der Waals surface area contributed by atoms with Crippen LogP contribution < -0.4 is 5.32 Å². The van der Waals surface area contributed by atoms with E-state index < -0.39 is 0 Å². The minimum Gasteiger partial charge on any atom is -0.324 e. The fourth-order valence-electron chi connectivity index (χ4n) is 3.44. The number of amides is 1. The quantitative estimate of drug-likeness (QED) is 0.667. The molecule has 3 rings (SSSR count). The minimum absolute atomic E-state index is 0.0293. The molecule has 120 valence electrons. The first-order valence-corrected chi connectivity index (χ1v) is 9.01. The smallest absolute Gasteiger partial charge is 0.238 e. The summed E-state index contributed by atoms with van der Waals surface area (Å²) in [7, 11) is 0. The van der Waals surface area contributed by atoms with Gasteiger partial charge in [0.05, 0.1) is 24.1 Å². The third-order valence-electron chi connectivity index (χ3n) is 4.52. The van der Waals surface area contributed by atoms with Crippen molar-refractivity contribution in [3.63, 3.8) is 0 Å². The zero-order valence-corrected chi connectivity index (χ0v) is 13.9. The van der Waals surface area contributed by atoms with Crippen LogP contribution in [0.3, 0.4) is 0 Å². The number of carbonyl (C=O) groups is 1. The van der Waals surface area contributed by atoms with E-state index in [1.165, 1.54) is 11.8 Å². The van der Waals surface area contributed by atoms with Gasteiger partial charge in [0.25, 0.3) is 0 Å². The predicted molar refractivity (Wildman–Crippen MR) is 93.2 cm³/mol. The molecule has 0 radical (unpaired) electrons. The van der Waals surface area contributed by atoms with Gasteiger partial charge in [0.2, 0.25) is 5.91 Å². The van der Waals surface area contributed by atoms with Crippen LogP contribution in [0.15, 0.2) is 41.3 Å². The van der Waals surface area contributed by atoms with Crippen molar-refractivity contribution < 1.29 is 4.79 Å². The van der Waals surface area contributed by atoms with Crippen LogP contribution >= 0.6 is 11.8 Å². The lowest BCUT2D eigenvalue weighted by Crippen LogP contribution is -2.32. The zero-order chi connectivity index (χ0) is 16.1. The van der Waals surface area contributed by atoms with E-state index in [0.29, 0.717) is 24.1 Å². The highest BCUT2D eigenvalue weighted by atomic mass is 32.2. The average molecular weight is 327 g/mol. The molecule has 0 bridgehead atoms. The summed E-state index contributed by atoms with van der Waals surface area (Å²) in [5.74, 6) is 1.84. The number of nitriles is 1. The van der Waals surface area contributed by atoms with Crippen molar-refractivity contribution in [2.45, 2.75) is 17.7 Å². The van der Waals surface area contributed by atoms with Crippen molar-refractivity contribution in [2.24, 2.45) is 11.8 Å². The first-order valence-electron chi connectivity index (χ1n) is 8.02. The Morgan fingerprint density at radius 1 is 1.26 bits per heavy atom. The van der Waals surface area contributed by atoms with Crippen molar-refractivity contribution in [3.05, 3.63) is 36.4 Å². The lowest BCUT2D eigenvalue weighted by Gasteiger charge is -2.18. The largest absolute Gasteiger partial charge is 0.324 e. The Balaban J connectivity index is 1.55. The molecule has 4 nitrogen and oxygen atoms in total. The summed E-state index contributed by atoms with van der Waals surface area (Å²) < 4.78 is 0. The molecular weight excluding hydrogens is 306 g/mol. The molecule has 1 aromatic rings. The Bertz CT molecular complexity index is 621. The number of nitrogens with zero attached hydrogens (tertiary/aromatic N) is 2. The van der Waals surface area contributed by atoms with Gasteiger partial charge < -0.3 is 5.32 Å². The molecule has 5 heteroatoms. The molecule has 1 aliphatic heterocycles. The number of allylic oxidation sites excluding steroid dienone is 2. The number of benzene rings is 1. The Labute approximate surface area is 141 Å². The van der Waals surface area contributed by atoms with Gasteiger partial charge >= 0.3 is 0 Å². The molecule has 23 heavy (non-hydrogen) atoms. The van der Waals surface area contributed by atoms with Gasteiger partial charge in [0.1, 0.15) is 0 Å². The van der Waals surface area contributed by atoms with Gasteiger partial charge in [-0.05, 0) is 36.8 Å². The van der Waals surface area contributed by atoms with Gasteiger partial charge in [-0.15, -0.1) is 11.8 Å². The lowest BCUT2D eigenvalue weighted by atomic mass is 9.86. The van der Waals surface area contributed by atoms with Crippen molar-refractivity contribution in [1.82, 2.24) is 4.90 Å². The molecule has 0 saturated carbocycles. The fraction of sp³-hybridized carbons (Fsp3) is 0.444. The second-order valence-corrected chi connectivity index (χ2v) is 7.17. The van der Waals surface area contributed by atoms with E-state index in [0.717, 1.165) is 36.5 Å². The number of thioether (sulfide) groups is 1. The number of para-hydroxylation sites is 1.